The zero-order chi connectivity index (χ0) is 17.5. The average Bonchev–Trinajstić information content (AvgIpc) is 2.60. The van der Waals surface area contributed by atoms with Gasteiger partial charge in [-0.3, -0.25) is 4.79 Å². The Bertz CT molecular complexity index is 559. The van der Waals surface area contributed by atoms with Crippen molar-refractivity contribution in [3.8, 4) is 0 Å². The minimum absolute atomic E-state index is 0.0726. The number of carbonyl (C=O) groups excluding carboxylic acids is 1. The van der Waals surface area contributed by atoms with Gasteiger partial charge in [0.05, 0.1) is 12.3 Å². The zero-order valence-electron chi connectivity index (χ0n) is 14.3. The van der Waals surface area contributed by atoms with Crippen LogP contribution in [-0.4, -0.2) is 30.7 Å². The summed E-state index contributed by atoms with van der Waals surface area (Å²) in [5.74, 6) is 0.355. The van der Waals surface area contributed by atoms with Gasteiger partial charge in [0.25, 0.3) is 5.91 Å². The topological polar surface area (TPSA) is 87.4 Å². The minimum Gasteiger partial charge on any atom is -0.398 e. The van der Waals surface area contributed by atoms with Gasteiger partial charge in [-0.25, -0.2) is 0 Å². The molecule has 0 radical (unpaired) electrons. The molecule has 1 aromatic carbocycles. The Morgan fingerprint density at radius 2 is 2.08 bits per heavy atom. The van der Waals surface area contributed by atoms with Gasteiger partial charge >= 0.3 is 0 Å². The number of benzene rings is 1. The second-order valence-electron chi connectivity index (χ2n) is 6.37. The molecule has 1 aliphatic carbocycles. The van der Waals surface area contributed by atoms with Crippen LogP contribution in [-0.2, 0) is 0 Å². The Morgan fingerprint density at radius 1 is 1.38 bits per heavy atom. The fourth-order valence-corrected chi connectivity index (χ4v) is 3.99. The number of amides is 1. The van der Waals surface area contributed by atoms with Crippen LogP contribution >= 0.6 is 15.9 Å². The normalized spacial score (nSPS) is 16.8. The Kier molecular flexibility index (Phi) is 7.52. The number of aliphatic hydroxyl groups is 1. The molecule has 0 aromatic heterocycles. The summed E-state index contributed by atoms with van der Waals surface area (Å²) in [6.45, 7) is 3.13. The highest BCUT2D eigenvalue weighted by atomic mass is 79.9. The van der Waals surface area contributed by atoms with Crippen LogP contribution < -0.4 is 16.4 Å². The first-order valence-corrected chi connectivity index (χ1v) is 9.59. The summed E-state index contributed by atoms with van der Waals surface area (Å²) >= 11 is 3.49. The van der Waals surface area contributed by atoms with Crippen molar-refractivity contribution in [2.75, 3.05) is 25.4 Å². The van der Waals surface area contributed by atoms with Gasteiger partial charge in [-0.05, 0) is 58.9 Å². The molecule has 6 heteroatoms. The van der Waals surface area contributed by atoms with Gasteiger partial charge in [-0.1, -0.05) is 26.2 Å². The SMILES string of the molecule is CCNC(c1cc(C(=O)NCCO)cc(Br)c1N)C1CCCCC1. The van der Waals surface area contributed by atoms with E-state index in [-0.39, 0.29) is 25.1 Å². The van der Waals surface area contributed by atoms with Crippen molar-refractivity contribution in [2.24, 2.45) is 5.92 Å². The quantitative estimate of drug-likeness (QED) is 0.532. The van der Waals surface area contributed by atoms with Crippen molar-refractivity contribution in [1.29, 1.82) is 0 Å². The maximum Gasteiger partial charge on any atom is 0.251 e. The third-order valence-corrected chi connectivity index (χ3v) is 5.36. The molecule has 0 heterocycles. The molecule has 0 spiro atoms. The predicted molar refractivity (Wildman–Crippen MR) is 101 cm³/mol. The largest absolute Gasteiger partial charge is 0.398 e. The number of halogens is 1. The smallest absolute Gasteiger partial charge is 0.251 e. The lowest BCUT2D eigenvalue weighted by Crippen LogP contribution is -2.31. The number of rotatable bonds is 7. The van der Waals surface area contributed by atoms with Crippen molar-refractivity contribution in [3.63, 3.8) is 0 Å². The van der Waals surface area contributed by atoms with Crippen LogP contribution in [0.4, 0.5) is 5.69 Å². The fourth-order valence-electron chi connectivity index (χ4n) is 3.52. The van der Waals surface area contributed by atoms with Crippen molar-refractivity contribution in [1.82, 2.24) is 10.6 Å². The molecule has 5 N–H and O–H groups in total. The molecule has 0 saturated heterocycles. The third-order valence-electron chi connectivity index (χ3n) is 4.70. The maximum absolute atomic E-state index is 12.3. The summed E-state index contributed by atoms with van der Waals surface area (Å²) in [5.41, 5.74) is 8.59. The van der Waals surface area contributed by atoms with E-state index in [4.69, 9.17) is 10.8 Å². The molecule has 1 atom stereocenters. The highest BCUT2D eigenvalue weighted by molar-refractivity contribution is 9.10. The number of nitrogens with one attached hydrogen (secondary N) is 2. The van der Waals surface area contributed by atoms with E-state index in [0.717, 1.165) is 16.6 Å². The van der Waals surface area contributed by atoms with Crippen molar-refractivity contribution >= 4 is 27.5 Å². The first kappa shape index (κ1) is 19.2. The molecule has 1 unspecified atom stereocenters. The van der Waals surface area contributed by atoms with Crippen LogP contribution in [0.15, 0.2) is 16.6 Å². The van der Waals surface area contributed by atoms with Crippen LogP contribution in [0.1, 0.15) is 61.0 Å². The summed E-state index contributed by atoms with van der Waals surface area (Å²) in [6.07, 6.45) is 6.19. The highest BCUT2D eigenvalue weighted by Gasteiger charge is 2.27. The van der Waals surface area contributed by atoms with Gasteiger partial charge in [0.1, 0.15) is 0 Å². The fraction of sp³-hybridized carbons (Fsp3) is 0.611. The summed E-state index contributed by atoms with van der Waals surface area (Å²) in [4.78, 5) is 12.3. The predicted octanol–water partition coefficient (Wildman–Crippen LogP) is 2.98. The number of hydrogen-bond acceptors (Lipinski definition) is 4. The van der Waals surface area contributed by atoms with Gasteiger partial charge in [0.15, 0.2) is 0 Å². The second kappa shape index (κ2) is 9.39. The molecular formula is C18H28BrN3O2. The van der Waals surface area contributed by atoms with E-state index in [1.807, 2.05) is 6.07 Å². The van der Waals surface area contributed by atoms with Crippen LogP contribution in [0.3, 0.4) is 0 Å². The van der Waals surface area contributed by atoms with E-state index >= 15 is 0 Å². The summed E-state index contributed by atoms with van der Waals surface area (Å²) in [5, 5.41) is 15.2. The lowest BCUT2D eigenvalue weighted by Gasteiger charge is -2.32. The van der Waals surface area contributed by atoms with E-state index < -0.39 is 0 Å². The summed E-state index contributed by atoms with van der Waals surface area (Å²) < 4.78 is 0.743. The maximum atomic E-state index is 12.3. The molecule has 1 fully saturated rings. The lowest BCUT2D eigenvalue weighted by molar-refractivity contribution is 0.0944. The molecule has 5 nitrogen and oxygen atoms in total. The molecule has 0 bridgehead atoms. The second-order valence-corrected chi connectivity index (χ2v) is 7.23. The number of carbonyl (C=O) groups is 1. The third kappa shape index (κ3) is 4.71. The van der Waals surface area contributed by atoms with Crippen molar-refractivity contribution in [3.05, 3.63) is 27.7 Å². The number of aliphatic hydroxyl groups excluding tert-OH is 1. The monoisotopic (exact) mass is 397 g/mol. The Balaban J connectivity index is 2.33. The number of nitrogen functional groups attached to an aromatic ring is 1. The molecule has 24 heavy (non-hydrogen) atoms. The van der Waals surface area contributed by atoms with E-state index in [2.05, 4.69) is 33.5 Å². The summed E-state index contributed by atoms with van der Waals surface area (Å²) in [7, 11) is 0. The Labute approximate surface area is 152 Å². The molecule has 1 aromatic rings. The number of anilines is 1. The van der Waals surface area contributed by atoms with Crippen molar-refractivity contribution in [2.45, 2.75) is 45.1 Å². The van der Waals surface area contributed by atoms with Crippen LogP contribution in [0.2, 0.25) is 0 Å². The lowest BCUT2D eigenvalue weighted by atomic mass is 9.80. The summed E-state index contributed by atoms with van der Waals surface area (Å²) in [6, 6.07) is 3.81. The zero-order valence-corrected chi connectivity index (χ0v) is 15.9. The molecule has 134 valence electrons. The van der Waals surface area contributed by atoms with Crippen LogP contribution in [0.25, 0.3) is 0 Å². The number of nitrogens with two attached hydrogens (primary N) is 1. The molecule has 1 amide bonds. The van der Waals surface area contributed by atoms with Crippen molar-refractivity contribution < 1.29 is 9.90 Å². The minimum atomic E-state index is -0.190. The Morgan fingerprint density at radius 3 is 2.71 bits per heavy atom. The first-order chi connectivity index (χ1) is 11.6. The molecule has 1 aliphatic rings. The van der Waals surface area contributed by atoms with E-state index in [1.54, 1.807) is 6.07 Å². The molecule has 0 aliphatic heterocycles. The van der Waals surface area contributed by atoms with Gasteiger partial charge in [0, 0.05) is 22.6 Å². The van der Waals surface area contributed by atoms with E-state index in [9.17, 15) is 4.79 Å². The highest BCUT2D eigenvalue weighted by Crippen LogP contribution is 2.39. The molecular weight excluding hydrogens is 370 g/mol. The van der Waals surface area contributed by atoms with Gasteiger partial charge in [-0.2, -0.15) is 0 Å². The van der Waals surface area contributed by atoms with Crippen LogP contribution in [0.5, 0.6) is 0 Å². The van der Waals surface area contributed by atoms with Gasteiger partial charge < -0.3 is 21.5 Å². The van der Waals surface area contributed by atoms with Gasteiger partial charge in [0.2, 0.25) is 0 Å². The van der Waals surface area contributed by atoms with Gasteiger partial charge in [-0.15, -0.1) is 0 Å². The number of hydrogen-bond donors (Lipinski definition) is 4. The van der Waals surface area contributed by atoms with E-state index in [1.165, 1.54) is 32.1 Å². The standard InChI is InChI=1S/C18H28BrN3O2/c1-2-21-17(12-6-4-3-5-7-12)14-10-13(11-15(19)16(14)20)18(24)22-8-9-23/h10-12,17,21,23H,2-9,20H2,1H3,(H,22,24). The molecule has 2 rings (SSSR count). The van der Waals surface area contributed by atoms with E-state index in [0.29, 0.717) is 17.2 Å². The first-order valence-electron chi connectivity index (χ1n) is 8.79. The van der Waals surface area contributed by atoms with Crippen LogP contribution in [0, 0.1) is 5.92 Å². The Hall–Kier alpha value is -1.11. The molecule has 1 saturated carbocycles. The average molecular weight is 398 g/mol.